The van der Waals surface area contributed by atoms with Crippen molar-refractivity contribution in [1.82, 2.24) is 29.7 Å². The number of aromatic nitrogens is 4. The third-order valence-electron chi connectivity index (χ3n) is 8.82. The van der Waals surface area contributed by atoms with Crippen LogP contribution in [0.1, 0.15) is 78.9 Å². The minimum Gasteiger partial charge on any atom is -0.444 e. The number of hydrogen-bond donors (Lipinski definition) is 2. The van der Waals surface area contributed by atoms with Crippen molar-refractivity contribution in [3.05, 3.63) is 72.6 Å². The summed E-state index contributed by atoms with van der Waals surface area (Å²) in [6.07, 6.45) is 6.34. The van der Waals surface area contributed by atoms with Gasteiger partial charge in [0.25, 0.3) is 0 Å². The maximum atomic E-state index is 12.7. The number of carbonyl (C=O) groups is 2. The molecule has 0 radical (unpaired) electrons. The number of benzene rings is 2. The Morgan fingerprint density at radius 1 is 0.609 bits per heavy atom. The summed E-state index contributed by atoms with van der Waals surface area (Å²) in [6, 6.07) is 16.7. The van der Waals surface area contributed by atoms with Crippen LogP contribution in [0, 0.1) is 0 Å². The molecule has 0 saturated heterocycles. The van der Waals surface area contributed by atoms with Crippen LogP contribution in [0.4, 0.5) is 9.59 Å². The highest BCUT2D eigenvalue weighted by Crippen LogP contribution is 2.51. The first-order chi connectivity index (χ1) is 21.6. The zero-order chi connectivity index (χ0) is 33.1. The van der Waals surface area contributed by atoms with E-state index in [0.29, 0.717) is 0 Å². The van der Waals surface area contributed by atoms with Crippen LogP contribution in [0.2, 0.25) is 0 Å². The molecule has 46 heavy (non-hydrogen) atoms. The van der Waals surface area contributed by atoms with Crippen molar-refractivity contribution >= 4 is 12.2 Å². The van der Waals surface area contributed by atoms with E-state index < -0.39 is 22.3 Å². The fourth-order valence-corrected chi connectivity index (χ4v) is 5.80. The molecule has 10 heteroatoms. The molecule has 242 valence electrons. The van der Waals surface area contributed by atoms with Gasteiger partial charge in [0, 0.05) is 14.1 Å². The summed E-state index contributed by atoms with van der Waals surface area (Å²) in [7, 11) is 3.56. The lowest BCUT2D eigenvalue weighted by Crippen LogP contribution is -2.41. The maximum absolute atomic E-state index is 12.7. The van der Waals surface area contributed by atoms with Crippen LogP contribution in [0.25, 0.3) is 33.6 Å². The van der Waals surface area contributed by atoms with E-state index in [2.05, 4.69) is 68.5 Å². The van der Waals surface area contributed by atoms with Crippen LogP contribution in [0.5, 0.6) is 0 Å². The van der Waals surface area contributed by atoms with Crippen molar-refractivity contribution in [3.8, 4) is 33.6 Å². The van der Waals surface area contributed by atoms with Crippen LogP contribution in [0.15, 0.2) is 60.9 Å². The molecule has 2 aromatic carbocycles. The minimum atomic E-state index is -0.554. The second-order valence-electron chi connectivity index (χ2n) is 14.6. The van der Waals surface area contributed by atoms with E-state index in [4.69, 9.17) is 9.47 Å². The van der Waals surface area contributed by atoms with Crippen molar-refractivity contribution in [2.75, 3.05) is 14.1 Å². The normalized spacial score (nSPS) is 16.4. The van der Waals surface area contributed by atoms with Crippen LogP contribution < -0.4 is 0 Å². The van der Waals surface area contributed by atoms with E-state index in [1.165, 1.54) is 0 Å². The second-order valence-corrected chi connectivity index (χ2v) is 14.6. The van der Waals surface area contributed by atoms with Gasteiger partial charge in [-0.1, -0.05) is 48.5 Å². The SMILES string of the molecule is CN(C(=O)OC(C)(C)C)C1(c2ncc(-c3ccc(-c4ccc(-c5cnc(C6(N(C)C(=O)OC(C)(C)C)CC6)[nH]5)cc4)cc3)[nH]2)CC1. The van der Waals surface area contributed by atoms with Crippen molar-refractivity contribution in [2.45, 2.75) is 89.5 Å². The van der Waals surface area contributed by atoms with E-state index in [9.17, 15) is 9.59 Å². The highest BCUT2D eigenvalue weighted by atomic mass is 16.6. The summed E-state index contributed by atoms with van der Waals surface area (Å²) in [6.45, 7) is 11.2. The summed E-state index contributed by atoms with van der Waals surface area (Å²) in [5.74, 6) is 1.56. The van der Waals surface area contributed by atoms with Gasteiger partial charge in [0.1, 0.15) is 33.9 Å². The van der Waals surface area contributed by atoms with E-state index >= 15 is 0 Å². The molecule has 2 aromatic heterocycles. The number of aromatic amines is 2. The van der Waals surface area contributed by atoms with Gasteiger partial charge in [-0.25, -0.2) is 19.6 Å². The molecule has 2 aliphatic rings. The average molecular weight is 625 g/mol. The number of hydrogen-bond acceptors (Lipinski definition) is 6. The number of H-pyrrole nitrogens is 2. The standard InChI is InChI=1S/C36H44N6O4/c1-33(2,3)45-31(43)41(7)35(17-18-35)29-37-21-27(39-29)25-13-9-23(10-14-25)24-11-15-26(16-12-24)28-22-38-30(40-28)36(19-20-36)42(8)32(44)46-34(4,5)6/h9-16,21-22H,17-20H2,1-8H3,(H,37,39)(H,38,40). The molecule has 0 atom stereocenters. The quantitative estimate of drug-likeness (QED) is 0.216. The van der Waals surface area contributed by atoms with Gasteiger partial charge < -0.3 is 19.4 Å². The van der Waals surface area contributed by atoms with E-state index in [0.717, 1.165) is 71.0 Å². The zero-order valence-corrected chi connectivity index (χ0v) is 28.0. The zero-order valence-electron chi connectivity index (χ0n) is 28.0. The maximum Gasteiger partial charge on any atom is 0.410 e. The smallest absolute Gasteiger partial charge is 0.410 e. The number of nitrogens with one attached hydrogen (secondary N) is 2. The predicted octanol–water partition coefficient (Wildman–Crippen LogP) is 7.85. The van der Waals surface area contributed by atoms with Crippen LogP contribution in [0.3, 0.4) is 0 Å². The number of nitrogens with zero attached hydrogens (tertiary/aromatic N) is 4. The Morgan fingerprint density at radius 3 is 1.20 bits per heavy atom. The summed E-state index contributed by atoms with van der Waals surface area (Å²) >= 11 is 0. The number of rotatable bonds is 7. The first-order valence-electron chi connectivity index (χ1n) is 15.9. The first kappa shape index (κ1) is 31.4. The Kier molecular flexibility index (Phi) is 7.53. The Balaban J connectivity index is 1.12. The summed E-state index contributed by atoms with van der Waals surface area (Å²) in [5, 5.41) is 0. The van der Waals surface area contributed by atoms with E-state index in [-0.39, 0.29) is 12.2 Å². The van der Waals surface area contributed by atoms with Gasteiger partial charge in [-0.2, -0.15) is 0 Å². The minimum absolute atomic E-state index is 0.344. The molecule has 0 unspecified atom stereocenters. The van der Waals surface area contributed by atoms with E-state index in [1.54, 1.807) is 23.9 Å². The first-order valence-corrected chi connectivity index (χ1v) is 15.9. The highest BCUT2D eigenvalue weighted by molar-refractivity contribution is 5.73. The second kappa shape index (κ2) is 11.0. The molecule has 2 heterocycles. The predicted molar refractivity (Wildman–Crippen MR) is 177 cm³/mol. The van der Waals surface area contributed by atoms with Gasteiger partial charge in [-0.15, -0.1) is 0 Å². The van der Waals surface area contributed by atoms with Crippen molar-refractivity contribution < 1.29 is 19.1 Å². The van der Waals surface area contributed by atoms with Gasteiger partial charge in [-0.3, -0.25) is 9.80 Å². The average Bonchev–Trinajstić information content (AvgIpc) is 3.87. The number of ether oxygens (including phenoxy) is 2. The molecule has 10 nitrogen and oxygen atoms in total. The lowest BCUT2D eigenvalue weighted by Gasteiger charge is -2.29. The van der Waals surface area contributed by atoms with Crippen molar-refractivity contribution in [2.24, 2.45) is 0 Å². The number of amides is 2. The third kappa shape index (κ3) is 6.12. The Morgan fingerprint density at radius 2 is 0.913 bits per heavy atom. The van der Waals surface area contributed by atoms with Crippen LogP contribution in [-0.4, -0.2) is 67.2 Å². The van der Waals surface area contributed by atoms with Crippen LogP contribution >= 0.6 is 0 Å². The lowest BCUT2D eigenvalue weighted by atomic mass is 10.0. The van der Waals surface area contributed by atoms with E-state index in [1.807, 2.05) is 53.9 Å². The fraction of sp³-hybridized carbons (Fsp3) is 0.444. The van der Waals surface area contributed by atoms with Gasteiger partial charge in [-0.05, 0) is 89.5 Å². The van der Waals surface area contributed by atoms with Gasteiger partial charge in [0.05, 0.1) is 23.8 Å². The highest BCUT2D eigenvalue weighted by Gasteiger charge is 2.54. The molecule has 2 N–H and O–H groups in total. The molecule has 0 spiro atoms. The van der Waals surface area contributed by atoms with Gasteiger partial charge in [0.2, 0.25) is 0 Å². The van der Waals surface area contributed by atoms with Crippen molar-refractivity contribution in [1.29, 1.82) is 0 Å². The number of imidazole rings is 2. The largest absolute Gasteiger partial charge is 0.444 e. The monoisotopic (exact) mass is 624 g/mol. The molecule has 2 amide bonds. The number of carbonyl (C=O) groups excluding carboxylic acids is 2. The topological polar surface area (TPSA) is 116 Å². The van der Waals surface area contributed by atoms with Gasteiger partial charge >= 0.3 is 12.2 Å². The Hall–Kier alpha value is -4.60. The summed E-state index contributed by atoms with van der Waals surface area (Å²) in [5.41, 5.74) is 4.02. The van der Waals surface area contributed by atoms with Crippen LogP contribution in [-0.2, 0) is 20.6 Å². The summed E-state index contributed by atoms with van der Waals surface area (Å²) < 4.78 is 11.2. The Labute approximate surface area is 270 Å². The molecule has 2 fully saturated rings. The summed E-state index contributed by atoms with van der Waals surface area (Å²) in [4.78, 5) is 45.0. The molecule has 0 bridgehead atoms. The molecule has 2 aliphatic carbocycles. The van der Waals surface area contributed by atoms with Crippen molar-refractivity contribution in [3.63, 3.8) is 0 Å². The molecule has 2 saturated carbocycles. The van der Waals surface area contributed by atoms with Gasteiger partial charge in [0.15, 0.2) is 0 Å². The molecule has 6 rings (SSSR count). The molecule has 4 aromatic rings. The fourth-order valence-electron chi connectivity index (χ4n) is 5.80. The Bertz CT molecular complexity index is 1600. The molecule has 0 aliphatic heterocycles. The lowest BCUT2D eigenvalue weighted by molar-refractivity contribution is 0.0171. The molecular formula is C36H44N6O4. The third-order valence-corrected chi connectivity index (χ3v) is 8.82. The molecular weight excluding hydrogens is 580 g/mol.